The topological polar surface area (TPSA) is 149 Å². The van der Waals surface area contributed by atoms with E-state index >= 15 is 0 Å². The maximum absolute atomic E-state index is 14.2. The molecule has 218 valence electrons. The Morgan fingerprint density at radius 2 is 1.81 bits per heavy atom. The average Bonchev–Trinajstić information content (AvgIpc) is 3.42. The van der Waals surface area contributed by atoms with Crippen molar-refractivity contribution in [1.29, 1.82) is 0 Å². The predicted molar refractivity (Wildman–Crippen MR) is 140 cm³/mol. The van der Waals surface area contributed by atoms with E-state index in [0.29, 0.717) is 11.9 Å². The second-order valence-corrected chi connectivity index (χ2v) is 8.71. The summed E-state index contributed by atoms with van der Waals surface area (Å²) >= 11 is 0. The lowest BCUT2D eigenvalue weighted by Gasteiger charge is -2.18. The minimum absolute atomic E-state index is 0.0458. The van der Waals surface area contributed by atoms with Gasteiger partial charge in [0, 0.05) is 36.8 Å². The quantitative estimate of drug-likeness (QED) is 0.191. The van der Waals surface area contributed by atoms with E-state index in [-0.39, 0.29) is 63.8 Å². The summed E-state index contributed by atoms with van der Waals surface area (Å²) in [5.74, 6) is -2.62. The van der Waals surface area contributed by atoms with Crippen LogP contribution in [0.4, 0.5) is 22.0 Å². The highest BCUT2D eigenvalue weighted by Gasteiger charge is 2.35. The van der Waals surface area contributed by atoms with Crippen molar-refractivity contribution in [3.8, 4) is 28.7 Å². The Kier molecular flexibility index (Phi) is 8.33. The number of nitrogens with two attached hydrogens (primary N) is 1. The molecule has 0 fully saturated rings. The molecule has 5 rings (SSSR count). The van der Waals surface area contributed by atoms with Crippen molar-refractivity contribution in [3.63, 3.8) is 0 Å². The number of aromatic nitrogens is 5. The summed E-state index contributed by atoms with van der Waals surface area (Å²) in [4.78, 5) is 32.8. The number of nitrogens with one attached hydrogen (secondary N) is 1. The third kappa shape index (κ3) is 5.54. The fourth-order valence-electron chi connectivity index (χ4n) is 4.26. The van der Waals surface area contributed by atoms with Crippen LogP contribution in [-0.2, 0) is 17.5 Å². The molecule has 4 N–H and O–H groups in total. The van der Waals surface area contributed by atoms with Gasteiger partial charge in [0.15, 0.2) is 22.9 Å². The van der Waals surface area contributed by atoms with E-state index in [1.54, 1.807) is 6.07 Å². The first-order valence-electron chi connectivity index (χ1n) is 12.0. The van der Waals surface area contributed by atoms with Crippen LogP contribution in [0.15, 0.2) is 53.7 Å². The normalized spacial score (nSPS) is 11.2. The largest absolute Gasteiger partial charge is 0.483 e. The molecule has 0 bridgehead atoms. The fraction of sp³-hybridized carbons (Fsp3) is 0.148. The molecule has 0 aliphatic carbocycles. The summed E-state index contributed by atoms with van der Waals surface area (Å²) in [5, 5.41) is 11.2. The number of carbonyl (C=O) groups is 1. The van der Waals surface area contributed by atoms with E-state index < -0.39 is 28.8 Å². The van der Waals surface area contributed by atoms with Gasteiger partial charge in [0.25, 0.3) is 6.47 Å². The summed E-state index contributed by atoms with van der Waals surface area (Å²) in [5.41, 5.74) is 4.20. The number of halogens is 5. The first-order valence-corrected chi connectivity index (χ1v) is 12.0. The number of ether oxygens (including phenoxy) is 1. The first-order chi connectivity index (χ1) is 19.9. The highest BCUT2D eigenvalue weighted by atomic mass is 19.4. The Hall–Kier alpha value is -5.18. The Morgan fingerprint density at radius 3 is 2.48 bits per heavy atom. The Bertz CT molecular complexity index is 1850. The van der Waals surface area contributed by atoms with Crippen molar-refractivity contribution in [1.82, 2.24) is 24.7 Å². The number of fused-ring (bicyclic) bond motifs is 1. The van der Waals surface area contributed by atoms with Gasteiger partial charge in [-0.1, -0.05) is 0 Å². The number of carboxylic acid groups (broad SMARTS) is 1. The van der Waals surface area contributed by atoms with Gasteiger partial charge in [-0.15, -0.1) is 0 Å². The van der Waals surface area contributed by atoms with Gasteiger partial charge in [-0.3, -0.25) is 9.59 Å². The second-order valence-electron chi connectivity index (χ2n) is 8.71. The number of nitrogens with zero attached hydrogens (tertiary/aromatic N) is 4. The van der Waals surface area contributed by atoms with Crippen LogP contribution in [0.1, 0.15) is 22.4 Å². The Balaban J connectivity index is 0.00000129. The molecule has 15 heteroatoms. The maximum Gasteiger partial charge on any atom is 0.418 e. The highest BCUT2D eigenvalue weighted by Crippen LogP contribution is 2.41. The minimum Gasteiger partial charge on any atom is -0.483 e. The number of pyridine rings is 3. The van der Waals surface area contributed by atoms with E-state index in [4.69, 9.17) is 20.4 Å². The summed E-state index contributed by atoms with van der Waals surface area (Å²) < 4.78 is 76.3. The van der Waals surface area contributed by atoms with Gasteiger partial charge in [0.2, 0.25) is 5.88 Å². The minimum atomic E-state index is -4.77. The lowest BCUT2D eigenvalue weighted by atomic mass is 10.0. The summed E-state index contributed by atoms with van der Waals surface area (Å²) in [6, 6.07) is 6.18. The molecule has 4 heterocycles. The number of rotatable bonds is 5. The first kappa shape index (κ1) is 29.8. The highest BCUT2D eigenvalue weighted by molar-refractivity contribution is 5.88. The average molecular weight is 588 g/mol. The standard InChI is InChI=1S/C26H19F5N6O2.CH2O2/c1-12-15(26(29,30)31)11-34-25(39-20-4-3-16(27)23(28)13(20)2)21(12)18-9-19(38)22-17(36-18)6-7-33-24(22)37-14(10-32)5-8-35-37;2-1-3/h3-9,11H,10,32H2,1-2H3,(H,36,38);1H,(H,2,3). The number of hydrogen-bond acceptors (Lipinski definition) is 7. The van der Waals surface area contributed by atoms with E-state index in [1.807, 2.05) is 0 Å². The van der Waals surface area contributed by atoms with Crippen LogP contribution < -0.4 is 15.9 Å². The number of H-pyrrole nitrogens is 1. The molecule has 5 aromatic rings. The van der Waals surface area contributed by atoms with Crippen molar-refractivity contribution < 1.29 is 36.6 Å². The van der Waals surface area contributed by atoms with Crippen LogP contribution in [0.3, 0.4) is 0 Å². The van der Waals surface area contributed by atoms with Crippen molar-refractivity contribution in [3.05, 3.63) is 93.2 Å². The van der Waals surface area contributed by atoms with E-state index in [1.165, 1.54) is 37.0 Å². The molecular formula is C27H21F5N6O4. The third-order valence-electron chi connectivity index (χ3n) is 6.23. The fourth-order valence-corrected chi connectivity index (χ4v) is 4.26. The molecule has 0 atom stereocenters. The lowest BCUT2D eigenvalue weighted by molar-refractivity contribution is -0.138. The van der Waals surface area contributed by atoms with Crippen LogP contribution in [0, 0.1) is 25.5 Å². The molecule has 0 aliphatic heterocycles. The predicted octanol–water partition coefficient (Wildman–Crippen LogP) is 5.04. The molecule has 42 heavy (non-hydrogen) atoms. The molecule has 0 amide bonds. The number of alkyl halides is 3. The van der Waals surface area contributed by atoms with Crippen molar-refractivity contribution >= 4 is 17.4 Å². The summed E-state index contributed by atoms with van der Waals surface area (Å²) in [6.45, 7) is 2.32. The van der Waals surface area contributed by atoms with Crippen LogP contribution in [-0.4, -0.2) is 36.3 Å². The van der Waals surface area contributed by atoms with Gasteiger partial charge in [-0.05, 0) is 43.7 Å². The van der Waals surface area contributed by atoms with Crippen molar-refractivity contribution in [2.75, 3.05) is 0 Å². The molecule has 0 radical (unpaired) electrons. The van der Waals surface area contributed by atoms with Crippen LogP contribution in [0.25, 0.3) is 28.0 Å². The Morgan fingerprint density at radius 1 is 1.10 bits per heavy atom. The van der Waals surface area contributed by atoms with Crippen molar-refractivity contribution in [2.45, 2.75) is 26.6 Å². The maximum atomic E-state index is 14.2. The summed E-state index contributed by atoms with van der Waals surface area (Å²) in [7, 11) is 0. The molecule has 10 nitrogen and oxygen atoms in total. The molecule has 0 aliphatic rings. The molecule has 4 aromatic heterocycles. The lowest BCUT2D eigenvalue weighted by Crippen LogP contribution is -2.14. The van der Waals surface area contributed by atoms with Gasteiger partial charge in [0.1, 0.15) is 5.75 Å². The third-order valence-corrected chi connectivity index (χ3v) is 6.23. The van der Waals surface area contributed by atoms with Gasteiger partial charge < -0.3 is 20.6 Å². The van der Waals surface area contributed by atoms with Gasteiger partial charge in [-0.2, -0.15) is 18.3 Å². The van der Waals surface area contributed by atoms with Crippen LogP contribution in [0.5, 0.6) is 11.6 Å². The number of hydrogen-bond donors (Lipinski definition) is 3. The number of benzene rings is 1. The van der Waals surface area contributed by atoms with Gasteiger partial charge in [-0.25, -0.2) is 23.4 Å². The van der Waals surface area contributed by atoms with Crippen LogP contribution >= 0.6 is 0 Å². The van der Waals surface area contributed by atoms with Gasteiger partial charge >= 0.3 is 6.18 Å². The molecule has 0 saturated heterocycles. The smallest absolute Gasteiger partial charge is 0.418 e. The van der Waals surface area contributed by atoms with E-state index in [2.05, 4.69) is 20.1 Å². The zero-order chi connectivity index (χ0) is 30.8. The molecule has 1 aromatic carbocycles. The van der Waals surface area contributed by atoms with Gasteiger partial charge in [0.05, 0.1) is 33.4 Å². The molecule has 0 spiro atoms. The molecule has 0 saturated carbocycles. The second kappa shape index (κ2) is 11.7. The zero-order valence-corrected chi connectivity index (χ0v) is 21.8. The Labute approximate surface area is 233 Å². The molecule has 0 unspecified atom stereocenters. The van der Waals surface area contributed by atoms with E-state index in [0.717, 1.165) is 18.2 Å². The number of aromatic amines is 1. The monoisotopic (exact) mass is 588 g/mol. The SMILES string of the molecule is Cc1c(Oc2ncc(C(F)(F)F)c(C)c2-c2cc(=O)c3c(-n4nccc4CN)nccc3[nH]2)ccc(F)c1F.O=CO. The van der Waals surface area contributed by atoms with Crippen LogP contribution in [0.2, 0.25) is 0 Å². The summed E-state index contributed by atoms with van der Waals surface area (Å²) in [6.07, 6.45) is -1.29. The van der Waals surface area contributed by atoms with Crippen molar-refractivity contribution in [2.24, 2.45) is 5.73 Å². The zero-order valence-electron chi connectivity index (χ0n) is 21.8. The molecular weight excluding hydrogens is 567 g/mol. The van der Waals surface area contributed by atoms with E-state index in [9.17, 15) is 26.7 Å².